The minimum absolute atomic E-state index is 0.364. The molecule has 0 aliphatic carbocycles. The molecule has 0 aliphatic heterocycles. The van der Waals surface area contributed by atoms with Crippen molar-refractivity contribution in [2.24, 2.45) is 0 Å². The first kappa shape index (κ1) is 11.0. The third-order valence-corrected chi connectivity index (χ3v) is 2.41. The highest BCUT2D eigenvalue weighted by atomic mass is 32.2. The second kappa shape index (κ2) is 4.46. The summed E-state index contributed by atoms with van der Waals surface area (Å²) in [6, 6.07) is 5.29. The third-order valence-electron chi connectivity index (χ3n) is 2.05. The maximum absolute atomic E-state index is 10.3. The molecule has 0 spiro atoms. The average Bonchev–Trinajstić information content (AvgIpc) is 2.07. The highest BCUT2D eigenvalue weighted by Crippen LogP contribution is 2.24. The fourth-order valence-electron chi connectivity index (χ4n) is 1.38. The molecule has 4 heteroatoms. The van der Waals surface area contributed by atoms with Gasteiger partial charge in [0.05, 0.1) is 0 Å². The maximum atomic E-state index is 10.3. The summed E-state index contributed by atoms with van der Waals surface area (Å²) in [5.41, 5.74) is 2.26. The van der Waals surface area contributed by atoms with E-state index >= 15 is 0 Å². The van der Waals surface area contributed by atoms with Crippen molar-refractivity contribution in [3.05, 3.63) is 29.3 Å². The molecular formula is C10H14O3S. The van der Waals surface area contributed by atoms with Gasteiger partial charge in [0.25, 0.3) is 11.0 Å². The summed E-state index contributed by atoms with van der Waals surface area (Å²) in [6.07, 6.45) is 0. The lowest BCUT2D eigenvalue weighted by molar-refractivity contribution is 0.510. The van der Waals surface area contributed by atoms with Gasteiger partial charge in [-0.15, -0.1) is 0 Å². The van der Waals surface area contributed by atoms with E-state index in [9.17, 15) is 8.42 Å². The molecule has 0 saturated carbocycles. The van der Waals surface area contributed by atoms with Crippen LogP contribution in [0, 0.1) is 6.92 Å². The van der Waals surface area contributed by atoms with Gasteiger partial charge in [0.2, 0.25) is 0 Å². The van der Waals surface area contributed by atoms with Gasteiger partial charge in [0.15, 0.2) is 0 Å². The highest BCUT2D eigenvalue weighted by molar-refractivity contribution is 7.67. The number of rotatable bonds is 3. The van der Waals surface area contributed by atoms with Gasteiger partial charge in [-0.1, -0.05) is 19.9 Å². The van der Waals surface area contributed by atoms with Crippen LogP contribution in [0.4, 0.5) is 0 Å². The first-order valence-electron chi connectivity index (χ1n) is 4.43. The van der Waals surface area contributed by atoms with Gasteiger partial charge in [-0.05, 0) is 36.1 Å². The molecule has 0 atom stereocenters. The first-order valence-corrected chi connectivity index (χ1v) is 5.53. The van der Waals surface area contributed by atoms with Crippen LogP contribution in [0.1, 0.15) is 30.9 Å². The minimum Gasteiger partial charge on any atom is -0.384 e. The number of hydrogen-bond acceptors (Lipinski definition) is 3. The van der Waals surface area contributed by atoms with Crippen LogP contribution < -0.4 is 4.18 Å². The number of benzene rings is 1. The second-order valence-electron chi connectivity index (χ2n) is 3.49. The molecule has 0 amide bonds. The van der Waals surface area contributed by atoms with Crippen LogP contribution in [0.2, 0.25) is 0 Å². The van der Waals surface area contributed by atoms with Crippen molar-refractivity contribution in [1.82, 2.24) is 0 Å². The topological polar surface area (TPSA) is 43.4 Å². The van der Waals surface area contributed by atoms with Crippen molar-refractivity contribution in [1.29, 1.82) is 0 Å². The van der Waals surface area contributed by atoms with Crippen LogP contribution in [0.3, 0.4) is 0 Å². The monoisotopic (exact) mass is 214 g/mol. The van der Waals surface area contributed by atoms with E-state index < -0.39 is 11.0 Å². The van der Waals surface area contributed by atoms with E-state index in [-0.39, 0.29) is 0 Å². The van der Waals surface area contributed by atoms with E-state index in [0.717, 1.165) is 11.1 Å². The fraction of sp³-hybridized carbons (Fsp3) is 0.400. The maximum Gasteiger partial charge on any atom is 0.299 e. The van der Waals surface area contributed by atoms with Gasteiger partial charge in [-0.3, -0.25) is 0 Å². The molecule has 0 heterocycles. The summed E-state index contributed by atoms with van der Waals surface area (Å²) in [5, 5.41) is 0. The molecule has 14 heavy (non-hydrogen) atoms. The van der Waals surface area contributed by atoms with Crippen molar-refractivity contribution >= 4 is 11.0 Å². The average molecular weight is 214 g/mol. The number of aryl methyl sites for hydroxylation is 1. The summed E-state index contributed by atoms with van der Waals surface area (Å²) in [5.74, 6) is 0.749. The molecule has 0 fully saturated rings. The lowest BCUT2D eigenvalue weighted by atomic mass is 9.98. The van der Waals surface area contributed by atoms with Crippen LogP contribution in [0.15, 0.2) is 18.2 Å². The SMILES string of the molecule is Cc1ccc(O[SH](=O)=O)cc1C(C)C. The minimum atomic E-state index is -2.82. The Bertz CT molecular complexity index is 386. The molecule has 1 rings (SSSR count). The molecule has 0 saturated heterocycles. The van der Waals surface area contributed by atoms with Crippen molar-refractivity contribution in [3.8, 4) is 5.75 Å². The smallest absolute Gasteiger partial charge is 0.299 e. The number of hydrogen-bond donors (Lipinski definition) is 1. The van der Waals surface area contributed by atoms with Crippen LogP contribution >= 0.6 is 0 Å². The normalized spacial score (nSPS) is 10.9. The van der Waals surface area contributed by atoms with Crippen LogP contribution in [-0.4, -0.2) is 8.42 Å². The third kappa shape index (κ3) is 2.73. The van der Waals surface area contributed by atoms with Crippen LogP contribution in [0.5, 0.6) is 5.75 Å². The van der Waals surface area contributed by atoms with Gasteiger partial charge >= 0.3 is 0 Å². The molecule has 1 aromatic carbocycles. The van der Waals surface area contributed by atoms with E-state index in [1.165, 1.54) is 0 Å². The van der Waals surface area contributed by atoms with E-state index in [0.29, 0.717) is 11.7 Å². The summed E-state index contributed by atoms with van der Waals surface area (Å²) in [7, 11) is -2.82. The van der Waals surface area contributed by atoms with Crippen molar-refractivity contribution in [2.45, 2.75) is 26.7 Å². The van der Waals surface area contributed by atoms with Gasteiger partial charge in [-0.2, -0.15) is 8.42 Å². The van der Waals surface area contributed by atoms with Crippen LogP contribution in [0.25, 0.3) is 0 Å². The molecule has 0 aromatic heterocycles. The second-order valence-corrected chi connectivity index (χ2v) is 4.12. The van der Waals surface area contributed by atoms with Crippen LogP contribution in [-0.2, 0) is 11.0 Å². The highest BCUT2D eigenvalue weighted by Gasteiger charge is 2.05. The van der Waals surface area contributed by atoms with Gasteiger partial charge in [0.1, 0.15) is 5.75 Å². The Labute approximate surface area is 85.9 Å². The molecule has 0 aliphatic rings. The largest absolute Gasteiger partial charge is 0.384 e. The molecule has 0 bridgehead atoms. The van der Waals surface area contributed by atoms with Gasteiger partial charge in [-0.25, -0.2) is 0 Å². The Morgan fingerprint density at radius 1 is 1.29 bits per heavy atom. The summed E-state index contributed by atoms with van der Waals surface area (Å²) in [4.78, 5) is 0. The fourth-order valence-corrected chi connectivity index (χ4v) is 1.67. The molecule has 1 aromatic rings. The zero-order valence-electron chi connectivity index (χ0n) is 8.48. The Kier molecular flexibility index (Phi) is 3.52. The summed E-state index contributed by atoms with van der Waals surface area (Å²) in [6.45, 7) is 6.11. The Morgan fingerprint density at radius 3 is 2.43 bits per heavy atom. The lowest BCUT2D eigenvalue weighted by Gasteiger charge is -2.10. The first-order chi connectivity index (χ1) is 6.50. The molecule has 78 valence electrons. The quantitative estimate of drug-likeness (QED) is 0.783. The summed E-state index contributed by atoms with van der Waals surface area (Å²) >= 11 is 0. The zero-order valence-corrected chi connectivity index (χ0v) is 9.38. The van der Waals surface area contributed by atoms with Crippen molar-refractivity contribution in [2.75, 3.05) is 0 Å². The predicted molar refractivity (Wildman–Crippen MR) is 56.2 cm³/mol. The number of thiol groups is 1. The Hall–Kier alpha value is -1.03. The molecule has 0 radical (unpaired) electrons. The van der Waals surface area contributed by atoms with E-state index in [2.05, 4.69) is 18.0 Å². The van der Waals surface area contributed by atoms with Crippen molar-refractivity contribution < 1.29 is 12.6 Å². The van der Waals surface area contributed by atoms with E-state index in [1.54, 1.807) is 12.1 Å². The zero-order chi connectivity index (χ0) is 10.7. The van der Waals surface area contributed by atoms with Crippen molar-refractivity contribution in [3.63, 3.8) is 0 Å². The Balaban J connectivity index is 3.06. The van der Waals surface area contributed by atoms with Gasteiger partial charge < -0.3 is 4.18 Å². The standard InChI is InChI=1S/C10H14O3S/c1-7(2)10-6-9(13-14(11)12)5-4-8(10)3/h4-7,14H,1-3H3. The molecular weight excluding hydrogens is 200 g/mol. The summed E-state index contributed by atoms with van der Waals surface area (Å²) < 4.78 is 25.3. The van der Waals surface area contributed by atoms with E-state index in [4.69, 9.17) is 0 Å². The molecule has 0 unspecified atom stereocenters. The van der Waals surface area contributed by atoms with E-state index in [1.807, 2.05) is 13.0 Å². The lowest BCUT2D eigenvalue weighted by Crippen LogP contribution is -1.95. The van der Waals surface area contributed by atoms with Gasteiger partial charge in [0, 0.05) is 0 Å². The molecule has 0 N–H and O–H groups in total. The molecule has 3 nitrogen and oxygen atoms in total. The Morgan fingerprint density at radius 2 is 1.93 bits per heavy atom. The predicted octanol–water partition coefficient (Wildman–Crippen LogP) is 2.02.